The van der Waals surface area contributed by atoms with Crippen molar-refractivity contribution in [3.05, 3.63) is 34.9 Å². The van der Waals surface area contributed by atoms with E-state index in [1.54, 1.807) is 0 Å². The number of thiocarbonyl (C=S) groups is 1. The number of nitrogens with zero attached hydrogens (tertiary/aromatic N) is 2. The van der Waals surface area contributed by atoms with E-state index in [9.17, 15) is 0 Å². The maximum absolute atomic E-state index is 5.76. The summed E-state index contributed by atoms with van der Waals surface area (Å²) in [6.45, 7) is 0. The third-order valence-electron chi connectivity index (χ3n) is 1.70. The molecule has 2 rings (SSSR count). The van der Waals surface area contributed by atoms with Gasteiger partial charge in [-0.3, -0.25) is 0 Å². The topological polar surface area (TPSA) is 24.7 Å². The Morgan fingerprint density at radius 2 is 2.00 bits per heavy atom. The van der Waals surface area contributed by atoms with Crippen LogP contribution in [0.1, 0.15) is 11.6 Å². The SMILES string of the molecule is S=C1SN=NC1c1ccc(Cl)cc1. The van der Waals surface area contributed by atoms with Crippen LogP contribution in [-0.4, -0.2) is 4.20 Å². The second-order valence-corrected chi connectivity index (χ2v) is 4.48. The fourth-order valence-electron chi connectivity index (χ4n) is 1.06. The van der Waals surface area contributed by atoms with Crippen molar-refractivity contribution in [3.63, 3.8) is 0 Å². The summed E-state index contributed by atoms with van der Waals surface area (Å²) in [6.07, 6.45) is 0. The van der Waals surface area contributed by atoms with Crippen LogP contribution in [0.3, 0.4) is 0 Å². The van der Waals surface area contributed by atoms with E-state index >= 15 is 0 Å². The monoisotopic (exact) mass is 228 g/mol. The van der Waals surface area contributed by atoms with Gasteiger partial charge in [0.05, 0.1) is 0 Å². The average Bonchev–Trinajstić information content (AvgIpc) is 2.53. The van der Waals surface area contributed by atoms with Crippen LogP contribution in [0.4, 0.5) is 0 Å². The number of benzene rings is 1. The molecule has 0 amide bonds. The van der Waals surface area contributed by atoms with Crippen molar-refractivity contribution >= 4 is 40.0 Å². The number of hydrogen-bond donors (Lipinski definition) is 0. The summed E-state index contributed by atoms with van der Waals surface area (Å²) in [7, 11) is 0. The van der Waals surface area contributed by atoms with E-state index in [-0.39, 0.29) is 6.04 Å². The molecule has 0 N–H and O–H groups in total. The lowest BCUT2D eigenvalue weighted by Crippen LogP contribution is -1.98. The highest BCUT2D eigenvalue weighted by atomic mass is 35.5. The molecule has 1 aromatic carbocycles. The minimum Gasteiger partial charge on any atom is -0.167 e. The third kappa shape index (κ3) is 1.90. The van der Waals surface area contributed by atoms with E-state index in [2.05, 4.69) is 9.63 Å². The molecule has 1 heterocycles. The predicted molar refractivity (Wildman–Crippen MR) is 59.2 cm³/mol. The Labute approximate surface area is 90.5 Å². The van der Waals surface area contributed by atoms with Crippen LogP contribution in [0, 0.1) is 0 Å². The zero-order valence-electron chi connectivity index (χ0n) is 6.48. The molecule has 1 aliphatic heterocycles. The Balaban J connectivity index is 2.30. The first-order chi connectivity index (χ1) is 6.27. The van der Waals surface area contributed by atoms with E-state index in [4.69, 9.17) is 23.8 Å². The number of halogens is 1. The van der Waals surface area contributed by atoms with Gasteiger partial charge < -0.3 is 0 Å². The molecule has 66 valence electrons. The normalized spacial score (nSPS) is 21.0. The lowest BCUT2D eigenvalue weighted by Gasteiger charge is -2.04. The van der Waals surface area contributed by atoms with Crippen molar-refractivity contribution in [1.29, 1.82) is 0 Å². The van der Waals surface area contributed by atoms with Gasteiger partial charge in [-0.2, -0.15) is 5.11 Å². The van der Waals surface area contributed by atoms with E-state index in [0.717, 1.165) is 14.8 Å². The highest BCUT2D eigenvalue weighted by Crippen LogP contribution is 2.33. The fourth-order valence-corrected chi connectivity index (χ4v) is 1.97. The first-order valence-corrected chi connectivity index (χ1v) is 5.20. The molecule has 0 spiro atoms. The summed E-state index contributed by atoms with van der Waals surface area (Å²) in [5, 5.41) is 4.74. The zero-order chi connectivity index (χ0) is 9.26. The molecule has 1 aromatic rings. The maximum atomic E-state index is 5.76. The van der Waals surface area contributed by atoms with Gasteiger partial charge in [-0.05, 0) is 17.7 Å². The van der Waals surface area contributed by atoms with Gasteiger partial charge in [0.2, 0.25) is 0 Å². The molecule has 5 heteroatoms. The van der Waals surface area contributed by atoms with Crippen LogP contribution in [0.2, 0.25) is 5.02 Å². The first kappa shape index (κ1) is 9.12. The van der Waals surface area contributed by atoms with Gasteiger partial charge in [0, 0.05) is 17.0 Å². The molecular weight excluding hydrogens is 224 g/mol. The van der Waals surface area contributed by atoms with Gasteiger partial charge in [-0.15, -0.1) is 4.52 Å². The van der Waals surface area contributed by atoms with Crippen molar-refractivity contribution in [2.75, 3.05) is 0 Å². The first-order valence-electron chi connectivity index (χ1n) is 3.64. The smallest absolute Gasteiger partial charge is 0.140 e. The number of hydrogen-bond acceptors (Lipinski definition) is 4. The predicted octanol–water partition coefficient (Wildman–Crippen LogP) is 3.82. The van der Waals surface area contributed by atoms with E-state index in [1.165, 1.54) is 11.9 Å². The van der Waals surface area contributed by atoms with Gasteiger partial charge in [-0.1, -0.05) is 36.0 Å². The van der Waals surface area contributed by atoms with E-state index in [1.807, 2.05) is 24.3 Å². The van der Waals surface area contributed by atoms with Crippen molar-refractivity contribution < 1.29 is 0 Å². The van der Waals surface area contributed by atoms with Crippen molar-refractivity contribution in [1.82, 2.24) is 0 Å². The summed E-state index contributed by atoms with van der Waals surface area (Å²) < 4.78 is 4.61. The average molecular weight is 229 g/mol. The lowest BCUT2D eigenvalue weighted by molar-refractivity contribution is 0.940. The molecule has 1 atom stereocenters. The van der Waals surface area contributed by atoms with Crippen LogP contribution in [0.5, 0.6) is 0 Å². The van der Waals surface area contributed by atoms with Crippen molar-refractivity contribution in [2.45, 2.75) is 6.04 Å². The summed E-state index contributed by atoms with van der Waals surface area (Å²) >= 11 is 12.1. The Morgan fingerprint density at radius 3 is 2.54 bits per heavy atom. The minimum absolute atomic E-state index is 0.0720. The van der Waals surface area contributed by atoms with Gasteiger partial charge in [0.25, 0.3) is 0 Å². The summed E-state index contributed by atoms with van der Waals surface area (Å²) in [5.41, 5.74) is 1.04. The molecular formula is C8H5ClN2S2. The van der Waals surface area contributed by atoms with Crippen LogP contribution < -0.4 is 0 Å². The third-order valence-corrected chi connectivity index (χ3v) is 2.98. The molecule has 0 saturated carbocycles. The Morgan fingerprint density at radius 1 is 1.31 bits per heavy atom. The molecule has 2 nitrogen and oxygen atoms in total. The quantitative estimate of drug-likeness (QED) is 0.539. The highest BCUT2D eigenvalue weighted by Gasteiger charge is 2.21. The maximum Gasteiger partial charge on any atom is 0.140 e. The molecule has 1 unspecified atom stereocenters. The van der Waals surface area contributed by atoms with E-state index in [0.29, 0.717) is 0 Å². The van der Waals surface area contributed by atoms with Crippen LogP contribution >= 0.6 is 35.8 Å². The molecule has 0 bridgehead atoms. The molecule has 0 aliphatic carbocycles. The molecule has 0 aromatic heterocycles. The molecule has 13 heavy (non-hydrogen) atoms. The van der Waals surface area contributed by atoms with Crippen LogP contribution in [0.15, 0.2) is 33.9 Å². The van der Waals surface area contributed by atoms with E-state index < -0.39 is 0 Å². The van der Waals surface area contributed by atoms with Gasteiger partial charge >= 0.3 is 0 Å². The van der Waals surface area contributed by atoms with Crippen LogP contribution in [-0.2, 0) is 0 Å². The van der Waals surface area contributed by atoms with Gasteiger partial charge in [0.15, 0.2) is 0 Å². The summed E-state index contributed by atoms with van der Waals surface area (Å²) in [4.78, 5) is 0. The Kier molecular flexibility index (Phi) is 2.62. The van der Waals surface area contributed by atoms with Gasteiger partial charge in [-0.25, -0.2) is 0 Å². The Hall–Kier alpha value is -0.450. The van der Waals surface area contributed by atoms with Crippen molar-refractivity contribution in [2.24, 2.45) is 9.63 Å². The van der Waals surface area contributed by atoms with Crippen LogP contribution in [0.25, 0.3) is 0 Å². The largest absolute Gasteiger partial charge is 0.167 e. The van der Waals surface area contributed by atoms with Gasteiger partial charge in [0.1, 0.15) is 10.2 Å². The zero-order valence-corrected chi connectivity index (χ0v) is 8.86. The summed E-state index contributed by atoms with van der Waals surface area (Å²) in [5.74, 6) is 0. The fraction of sp³-hybridized carbons (Fsp3) is 0.125. The summed E-state index contributed by atoms with van der Waals surface area (Å²) in [6, 6.07) is 7.43. The Bertz CT molecular complexity index is 361. The molecule has 0 fully saturated rings. The van der Waals surface area contributed by atoms with Crippen molar-refractivity contribution in [3.8, 4) is 0 Å². The minimum atomic E-state index is -0.0720. The highest BCUT2D eigenvalue weighted by molar-refractivity contribution is 8.22. The second kappa shape index (κ2) is 3.74. The number of rotatable bonds is 1. The standard InChI is InChI=1S/C8H5ClN2S2/c9-6-3-1-5(2-4-6)7-8(12)13-11-10-7/h1-4,7H. The molecule has 0 saturated heterocycles. The molecule has 1 aliphatic rings. The lowest BCUT2D eigenvalue weighted by atomic mass is 10.1. The molecule has 0 radical (unpaired) electrons. The second-order valence-electron chi connectivity index (χ2n) is 2.56.